The van der Waals surface area contributed by atoms with Crippen molar-refractivity contribution in [1.29, 1.82) is 0 Å². The van der Waals surface area contributed by atoms with Gasteiger partial charge in [-0.15, -0.1) is 0 Å². The van der Waals surface area contributed by atoms with Gasteiger partial charge >= 0.3 is 0 Å². The van der Waals surface area contributed by atoms with E-state index in [-0.39, 0.29) is 0 Å². The van der Waals surface area contributed by atoms with Crippen molar-refractivity contribution in [3.8, 4) is 0 Å². The molecular formula is C15H16Br2N2. The van der Waals surface area contributed by atoms with Crippen molar-refractivity contribution in [3.63, 3.8) is 0 Å². The van der Waals surface area contributed by atoms with Crippen molar-refractivity contribution >= 4 is 31.9 Å². The molecule has 1 heterocycles. The molecule has 0 aliphatic heterocycles. The summed E-state index contributed by atoms with van der Waals surface area (Å²) in [5.74, 6) is 0.442. The van der Waals surface area contributed by atoms with Crippen LogP contribution in [0.5, 0.6) is 0 Å². The van der Waals surface area contributed by atoms with Crippen molar-refractivity contribution in [2.24, 2.45) is 11.7 Å². The second kappa shape index (κ2) is 7.17. The third-order valence-corrected chi connectivity index (χ3v) is 4.02. The lowest BCUT2D eigenvalue weighted by Crippen LogP contribution is -2.19. The average Bonchev–Trinajstić information content (AvgIpc) is 2.40. The molecule has 1 aromatic heterocycles. The van der Waals surface area contributed by atoms with Gasteiger partial charge in [-0.05, 0) is 70.6 Å². The van der Waals surface area contributed by atoms with E-state index in [2.05, 4.69) is 67.2 Å². The second-order valence-electron chi connectivity index (χ2n) is 4.65. The number of nitrogens with zero attached hydrogens (tertiary/aromatic N) is 1. The molecular weight excluding hydrogens is 368 g/mol. The molecule has 4 heteroatoms. The Morgan fingerprint density at radius 3 is 2.26 bits per heavy atom. The molecule has 0 spiro atoms. The molecule has 0 radical (unpaired) electrons. The summed E-state index contributed by atoms with van der Waals surface area (Å²) in [5, 5.41) is 0. The van der Waals surface area contributed by atoms with E-state index in [0.717, 1.165) is 21.8 Å². The van der Waals surface area contributed by atoms with E-state index in [1.165, 1.54) is 11.1 Å². The summed E-state index contributed by atoms with van der Waals surface area (Å²) in [7, 11) is 0. The van der Waals surface area contributed by atoms with Crippen molar-refractivity contribution in [1.82, 2.24) is 4.98 Å². The van der Waals surface area contributed by atoms with Crippen LogP contribution in [0.3, 0.4) is 0 Å². The number of benzene rings is 1. The minimum Gasteiger partial charge on any atom is -0.330 e. The fourth-order valence-electron chi connectivity index (χ4n) is 2.09. The van der Waals surface area contributed by atoms with Crippen LogP contribution in [0.25, 0.3) is 0 Å². The summed E-state index contributed by atoms with van der Waals surface area (Å²) in [5.41, 5.74) is 8.44. The maximum absolute atomic E-state index is 5.90. The number of nitrogens with two attached hydrogens (primary N) is 1. The molecule has 2 rings (SSSR count). The Bertz CT molecular complexity index is 526. The van der Waals surface area contributed by atoms with Crippen molar-refractivity contribution in [2.75, 3.05) is 6.54 Å². The minimum absolute atomic E-state index is 0.442. The van der Waals surface area contributed by atoms with Crippen LogP contribution < -0.4 is 5.73 Å². The van der Waals surface area contributed by atoms with Crippen LogP contribution in [0, 0.1) is 5.92 Å². The standard InChI is InChI=1S/C15H16Br2N2/c16-14-3-1-11(2-4-14)5-12(8-18)6-13-7-15(17)10-19-9-13/h1-4,7,9-10,12H,5-6,8,18H2. The molecule has 0 aliphatic rings. The Balaban J connectivity index is 2.02. The highest BCUT2D eigenvalue weighted by Crippen LogP contribution is 2.18. The largest absolute Gasteiger partial charge is 0.330 e. The zero-order valence-electron chi connectivity index (χ0n) is 10.5. The molecule has 1 atom stereocenters. The van der Waals surface area contributed by atoms with E-state index < -0.39 is 0 Å². The topological polar surface area (TPSA) is 38.9 Å². The van der Waals surface area contributed by atoms with Crippen LogP contribution in [0.1, 0.15) is 11.1 Å². The maximum Gasteiger partial charge on any atom is 0.0410 e. The first-order chi connectivity index (χ1) is 9.17. The Morgan fingerprint density at radius 2 is 1.63 bits per heavy atom. The zero-order chi connectivity index (χ0) is 13.7. The Kier molecular flexibility index (Phi) is 5.55. The van der Waals surface area contributed by atoms with E-state index in [0.29, 0.717) is 12.5 Å². The lowest BCUT2D eigenvalue weighted by atomic mass is 9.93. The van der Waals surface area contributed by atoms with Crippen LogP contribution in [-0.4, -0.2) is 11.5 Å². The van der Waals surface area contributed by atoms with Gasteiger partial charge in [0.25, 0.3) is 0 Å². The summed E-state index contributed by atoms with van der Waals surface area (Å²) in [6.45, 7) is 0.683. The van der Waals surface area contributed by atoms with E-state index in [9.17, 15) is 0 Å². The smallest absolute Gasteiger partial charge is 0.0410 e. The summed E-state index contributed by atoms with van der Waals surface area (Å²) in [6, 6.07) is 10.5. The van der Waals surface area contributed by atoms with E-state index in [1.54, 1.807) is 6.20 Å². The first-order valence-corrected chi connectivity index (χ1v) is 7.80. The van der Waals surface area contributed by atoms with E-state index in [1.807, 2.05) is 6.20 Å². The third-order valence-electron chi connectivity index (χ3n) is 3.06. The first kappa shape index (κ1) is 14.7. The predicted molar refractivity (Wildman–Crippen MR) is 86.0 cm³/mol. The predicted octanol–water partition coefficient (Wildman–Crippen LogP) is 3.97. The number of hydrogen-bond donors (Lipinski definition) is 1. The summed E-state index contributed by atoms with van der Waals surface area (Å²) in [4.78, 5) is 4.20. The van der Waals surface area contributed by atoms with Crippen molar-refractivity contribution in [3.05, 3.63) is 62.8 Å². The Morgan fingerprint density at radius 1 is 0.947 bits per heavy atom. The first-order valence-electron chi connectivity index (χ1n) is 6.21. The molecule has 2 nitrogen and oxygen atoms in total. The quantitative estimate of drug-likeness (QED) is 0.848. The lowest BCUT2D eigenvalue weighted by molar-refractivity contribution is 0.532. The lowest BCUT2D eigenvalue weighted by Gasteiger charge is -2.15. The highest BCUT2D eigenvalue weighted by atomic mass is 79.9. The van der Waals surface area contributed by atoms with Gasteiger partial charge in [-0.25, -0.2) is 0 Å². The average molecular weight is 384 g/mol. The highest BCUT2D eigenvalue weighted by Gasteiger charge is 2.09. The van der Waals surface area contributed by atoms with Gasteiger partial charge < -0.3 is 5.73 Å². The van der Waals surface area contributed by atoms with Crippen molar-refractivity contribution in [2.45, 2.75) is 12.8 Å². The molecule has 100 valence electrons. The number of halogens is 2. The number of hydrogen-bond acceptors (Lipinski definition) is 2. The molecule has 2 N–H and O–H groups in total. The molecule has 1 aromatic carbocycles. The number of rotatable bonds is 5. The van der Waals surface area contributed by atoms with Crippen LogP contribution in [0.15, 0.2) is 51.7 Å². The zero-order valence-corrected chi connectivity index (χ0v) is 13.7. The molecule has 1 unspecified atom stereocenters. The normalized spacial score (nSPS) is 12.4. The summed E-state index contributed by atoms with van der Waals surface area (Å²) >= 11 is 6.90. The summed E-state index contributed by atoms with van der Waals surface area (Å²) < 4.78 is 2.13. The van der Waals surface area contributed by atoms with Gasteiger partial charge in [-0.2, -0.15) is 0 Å². The fraction of sp³-hybridized carbons (Fsp3) is 0.267. The monoisotopic (exact) mass is 382 g/mol. The van der Waals surface area contributed by atoms with Crippen molar-refractivity contribution < 1.29 is 0 Å². The second-order valence-corrected chi connectivity index (χ2v) is 6.48. The Labute approximate surface area is 130 Å². The van der Waals surface area contributed by atoms with Crippen LogP contribution >= 0.6 is 31.9 Å². The van der Waals surface area contributed by atoms with Gasteiger partial charge in [0.05, 0.1) is 0 Å². The molecule has 19 heavy (non-hydrogen) atoms. The van der Waals surface area contributed by atoms with E-state index in [4.69, 9.17) is 5.73 Å². The highest BCUT2D eigenvalue weighted by molar-refractivity contribution is 9.10. The van der Waals surface area contributed by atoms with Gasteiger partial charge in [0, 0.05) is 21.3 Å². The molecule has 0 amide bonds. The number of aromatic nitrogens is 1. The van der Waals surface area contributed by atoms with Gasteiger partial charge in [-0.3, -0.25) is 4.98 Å². The van der Waals surface area contributed by atoms with Gasteiger partial charge in [0.2, 0.25) is 0 Å². The van der Waals surface area contributed by atoms with Crippen LogP contribution in [-0.2, 0) is 12.8 Å². The fourth-order valence-corrected chi connectivity index (χ4v) is 2.77. The number of pyridine rings is 1. The molecule has 2 aromatic rings. The third kappa shape index (κ3) is 4.71. The van der Waals surface area contributed by atoms with Crippen LogP contribution in [0.4, 0.5) is 0 Å². The molecule has 0 saturated carbocycles. The minimum atomic E-state index is 0.442. The van der Waals surface area contributed by atoms with E-state index >= 15 is 0 Å². The van der Waals surface area contributed by atoms with Gasteiger partial charge in [-0.1, -0.05) is 28.1 Å². The molecule has 0 fully saturated rings. The van der Waals surface area contributed by atoms with Gasteiger partial charge in [0.1, 0.15) is 0 Å². The summed E-state index contributed by atoms with van der Waals surface area (Å²) in [6.07, 6.45) is 5.67. The van der Waals surface area contributed by atoms with Gasteiger partial charge in [0.15, 0.2) is 0 Å². The molecule has 0 aliphatic carbocycles. The molecule has 0 saturated heterocycles. The SMILES string of the molecule is NCC(Cc1ccc(Br)cc1)Cc1cncc(Br)c1. The molecule has 0 bridgehead atoms. The van der Waals surface area contributed by atoms with Crippen LogP contribution in [0.2, 0.25) is 0 Å². The maximum atomic E-state index is 5.90. The Hall–Kier alpha value is -0.710.